The van der Waals surface area contributed by atoms with Crippen LogP contribution in [-0.2, 0) is 13.1 Å². The largest absolute Gasteiger partial charge is 0.352 e. The van der Waals surface area contributed by atoms with Crippen molar-refractivity contribution < 1.29 is 0 Å². The molecule has 2 aromatic carbocycles. The topological polar surface area (TPSA) is 58.3 Å². The van der Waals surface area contributed by atoms with Crippen LogP contribution in [0.25, 0.3) is 0 Å². The van der Waals surface area contributed by atoms with Gasteiger partial charge in [-0.25, -0.2) is 9.67 Å². The Balaban J connectivity index is 0.00000240. The van der Waals surface area contributed by atoms with Crippen molar-refractivity contribution in [2.75, 3.05) is 20.1 Å². The normalized spacial score (nSPS) is 16.5. The Bertz CT molecular complexity index is 910. The third-order valence-electron chi connectivity index (χ3n) is 5.22. The van der Waals surface area contributed by atoms with Crippen LogP contribution in [0.3, 0.4) is 0 Å². The number of nitrogens with zero attached hydrogens (tertiary/aromatic N) is 5. The van der Waals surface area contributed by atoms with Crippen molar-refractivity contribution in [3.63, 3.8) is 0 Å². The first kappa shape index (κ1) is 21.3. The second-order valence-electron chi connectivity index (χ2n) is 7.16. The van der Waals surface area contributed by atoms with Crippen LogP contribution in [0.4, 0.5) is 0 Å². The Morgan fingerprint density at radius 2 is 1.97 bits per heavy atom. The van der Waals surface area contributed by atoms with Crippen molar-refractivity contribution in [1.82, 2.24) is 25.0 Å². The molecule has 1 aliphatic heterocycles. The van der Waals surface area contributed by atoms with E-state index in [1.807, 2.05) is 11.7 Å². The van der Waals surface area contributed by atoms with Gasteiger partial charge in [0.2, 0.25) is 0 Å². The number of hydrogen-bond donors (Lipinski definition) is 1. The first-order chi connectivity index (χ1) is 13.8. The molecule has 1 N–H and O–H groups in total. The van der Waals surface area contributed by atoms with Crippen LogP contribution in [0.15, 0.2) is 72.2 Å². The molecule has 1 saturated heterocycles. The van der Waals surface area contributed by atoms with Gasteiger partial charge in [-0.3, -0.25) is 4.99 Å². The highest BCUT2D eigenvalue weighted by molar-refractivity contribution is 14.0. The molecule has 1 fully saturated rings. The monoisotopic (exact) mass is 502 g/mol. The van der Waals surface area contributed by atoms with Crippen molar-refractivity contribution in [3.05, 3.63) is 83.9 Å². The van der Waals surface area contributed by atoms with E-state index in [1.54, 1.807) is 12.7 Å². The average molecular weight is 502 g/mol. The van der Waals surface area contributed by atoms with Gasteiger partial charge in [-0.1, -0.05) is 54.6 Å². The summed E-state index contributed by atoms with van der Waals surface area (Å²) in [4.78, 5) is 10.9. The fraction of sp³-hybridized carbons (Fsp3) is 0.318. The molecule has 29 heavy (non-hydrogen) atoms. The van der Waals surface area contributed by atoms with E-state index in [-0.39, 0.29) is 24.0 Å². The minimum atomic E-state index is 0. The maximum absolute atomic E-state index is 4.51. The van der Waals surface area contributed by atoms with Crippen molar-refractivity contribution in [2.24, 2.45) is 4.99 Å². The maximum Gasteiger partial charge on any atom is 0.193 e. The smallest absolute Gasteiger partial charge is 0.193 e. The minimum Gasteiger partial charge on any atom is -0.352 e. The Kier molecular flexibility index (Phi) is 7.62. The summed E-state index contributed by atoms with van der Waals surface area (Å²) in [6.45, 7) is 3.53. The van der Waals surface area contributed by atoms with Crippen molar-refractivity contribution >= 4 is 29.9 Å². The fourth-order valence-electron chi connectivity index (χ4n) is 3.80. The molecule has 4 rings (SSSR count). The molecule has 0 radical (unpaired) electrons. The summed E-state index contributed by atoms with van der Waals surface area (Å²) in [5.41, 5.74) is 3.86. The zero-order chi connectivity index (χ0) is 19.2. The molecule has 2 heterocycles. The molecule has 6 nitrogen and oxygen atoms in total. The lowest BCUT2D eigenvalue weighted by molar-refractivity contribution is 0.486. The number of guanidine groups is 1. The molecular formula is C22H27IN6. The van der Waals surface area contributed by atoms with E-state index < -0.39 is 0 Å². The van der Waals surface area contributed by atoms with Gasteiger partial charge in [-0.05, 0) is 23.1 Å². The number of nitrogens with one attached hydrogen (secondary N) is 1. The summed E-state index contributed by atoms with van der Waals surface area (Å²) >= 11 is 0. The second kappa shape index (κ2) is 10.4. The van der Waals surface area contributed by atoms with Gasteiger partial charge in [0.1, 0.15) is 12.7 Å². The van der Waals surface area contributed by atoms with Crippen molar-refractivity contribution in [3.8, 4) is 0 Å². The van der Waals surface area contributed by atoms with Crippen LogP contribution in [-0.4, -0.2) is 45.8 Å². The van der Waals surface area contributed by atoms with Crippen LogP contribution in [0.2, 0.25) is 0 Å². The van der Waals surface area contributed by atoms with E-state index >= 15 is 0 Å². The lowest BCUT2D eigenvalue weighted by Crippen LogP contribution is -2.39. The molecule has 0 saturated carbocycles. The molecule has 1 aliphatic rings. The third-order valence-corrected chi connectivity index (χ3v) is 5.22. The number of benzene rings is 2. The molecule has 0 bridgehead atoms. The number of hydrogen-bond acceptors (Lipinski definition) is 3. The molecular weight excluding hydrogens is 475 g/mol. The van der Waals surface area contributed by atoms with Gasteiger partial charge in [0.05, 0.1) is 6.54 Å². The second-order valence-corrected chi connectivity index (χ2v) is 7.16. The highest BCUT2D eigenvalue weighted by atomic mass is 127. The van der Waals surface area contributed by atoms with E-state index in [0.29, 0.717) is 5.92 Å². The lowest BCUT2D eigenvalue weighted by atomic mass is 9.99. The number of aromatic nitrogens is 3. The number of halogens is 1. The van der Waals surface area contributed by atoms with Crippen molar-refractivity contribution in [1.29, 1.82) is 0 Å². The van der Waals surface area contributed by atoms with E-state index in [9.17, 15) is 0 Å². The zero-order valence-corrected chi connectivity index (χ0v) is 18.9. The first-order valence-electron chi connectivity index (χ1n) is 9.72. The quantitative estimate of drug-likeness (QED) is 0.330. The summed E-state index contributed by atoms with van der Waals surface area (Å²) in [5.74, 6) is 1.55. The van der Waals surface area contributed by atoms with Gasteiger partial charge in [-0.15, -0.1) is 24.0 Å². The molecule has 0 aliphatic carbocycles. The first-order valence-corrected chi connectivity index (χ1v) is 9.72. The van der Waals surface area contributed by atoms with Crippen LogP contribution >= 0.6 is 24.0 Å². The van der Waals surface area contributed by atoms with Crippen LogP contribution in [0, 0.1) is 0 Å². The Hall–Kier alpha value is -2.42. The van der Waals surface area contributed by atoms with Gasteiger partial charge in [0.15, 0.2) is 5.96 Å². The highest BCUT2D eigenvalue weighted by Gasteiger charge is 2.25. The highest BCUT2D eigenvalue weighted by Crippen LogP contribution is 2.26. The number of rotatable bonds is 5. The molecule has 7 heteroatoms. The molecule has 152 valence electrons. The SMILES string of the molecule is CN=C(NCc1cccc(Cn2cncn2)c1)N1CCC(c2ccccc2)C1.I. The van der Waals surface area contributed by atoms with Crippen LogP contribution in [0.1, 0.15) is 29.0 Å². The predicted molar refractivity (Wildman–Crippen MR) is 127 cm³/mol. The summed E-state index contributed by atoms with van der Waals surface area (Å²) in [6, 6.07) is 19.3. The Morgan fingerprint density at radius 3 is 2.72 bits per heavy atom. The average Bonchev–Trinajstić information content (AvgIpc) is 3.42. The van der Waals surface area contributed by atoms with Crippen molar-refractivity contribution in [2.45, 2.75) is 25.4 Å². The minimum absolute atomic E-state index is 0. The molecule has 1 aromatic heterocycles. The molecule has 3 aromatic rings. The molecule has 0 spiro atoms. The van der Waals surface area contributed by atoms with E-state index in [0.717, 1.165) is 38.6 Å². The summed E-state index contributed by atoms with van der Waals surface area (Å²) < 4.78 is 1.83. The van der Waals surface area contributed by atoms with E-state index in [2.05, 4.69) is 79.9 Å². The molecule has 0 amide bonds. The van der Waals surface area contributed by atoms with Gasteiger partial charge < -0.3 is 10.2 Å². The Labute approximate surface area is 189 Å². The van der Waals surface area contributed by atoms with Gasteiger partial charge in [-0.2, -0.15) is 5.10 Å². The molecule has 1 atom stereocenters. The maximum atomic E-state index is 4.51. The Morgan fingerprint density at radius 1 is 1.14 bits per heavy atom. The lowest BCUT2D eigenvalue weighted by Gasteiger charge is -2.22. The van der Waals surface area contributed by atoms with Gasteiger partial charge in [0.25, 0.3) is 0 Å². The standard InChI is InChI=1S/C22H26N6.HI/c1-23-22(27-11-10-21(15-27)20-8-3-2-4-9-20)25-13-18-6-5-7-19(12-18)14-28-17-24-16-26-28;/h2-9,12,16-17,21H,10-11,13-15H2,1H3,(H,23,25);1H. The third kappa shape index (κ3) is 5.56. The van der Waals surface area contributed by atoms with Crippen LogP contribution < -0.4 is 5.32 Å². The number of likely N-dealkylation sites (tertiary alicyclic amines) is 1. The van der Waals surface area contributed by atoms with Gasteiger partial charge in [0, 0.05) is 32.6 Å². The number of aliphatic imine (C=N–C) groups is 1. The summed E-state index contributed by atoms with van der Waals surface area (Å²) in [7, 11) is 1.86. The fourth-order valence-corrected chi connectivity index (χ4v) is 3.80. The summed E-state index contributed by atoms with van der Waals surface area (Å²) in [6.07, 6.45) is 4.47. The zero-order valence-electron chi connectivity index (χ0n) is 16.6. The predicted octanol–water partition coefficient (Wildman–Crippen LogP) is 3.51. The summed E-state index contributed by atoms with van der Waals surface area (Å²) in [5, 5.41) is 7.70. The molecule has 1 unspecified atom stereocenters. The van der Waals surface area contributed by atoms with Gasteiger partial charge >= 0.3 is 0 Å². The van der Waals surface area contributed by atoms with Crippen LogP contribution in [0.5, 0.6) is 0 Å². The van der Waals surface area contributed by atoms with E-state index in [4.69, 9.17) is 0 Å². The van der Waals surface area contributed by atoms with E-state index in [1.165, 1.54) is 16.7 Å².